The van der Waals surface area contributed by atoms with E-state index in [1.165, 1.54) is 19.3 Å². The number of aromatic nitrogens is 1. The van der Waals surface area contributed by atoms with Gasteiger partial charge in [0.15, 0.2) is 0 Å². The second kappa shape index (κ2) is 5.63. The minimum absolute atomic E-state index is 0.242. The van der Waals surface area contributed by atoms with Gasteiger partial charge in [-0.1, -0.05) is 26.2 Å². The Morgan fingerprint density at radius 1 is 1.53 bits per heavy atom. The molecule has 1 aliphatic rings. The lowest BCUT2D eigenvalue weighted by Gasteiger charge is -2.27. The normalized spacial score (nSPS) is 26.6. The first kappa shape index (κ1) is 12.6. The molecule has 0 bridgehead atoms. The Kier molecular flexibility index (Phi) is 4.15. The molecule has 1 saturated carbocycles. The molecule has 0 spiro atoms. The highest BCUT2D eigenvalue weighted by molar-refractivity contribution is 7.85. The molecule has 0 saturated heterocycles. The third-order valence-corrected chi connectivity index (χ3v) is 5.36. The van der Waals surface area contributed by atoms with Gasteiger partial charge in [-0.2, -0.15) is 0 Å². The first-order chi connectivity index (χ1) is 8.22. The molecule has 3 unspecified atom stereocenters. The fourth-order valence-corrected chi connectivity index (χ4v) is 4.14. The third-order valence-electron chi connectivity index (χ3n) is 3.61. The molecule has 0 aliphatic heterocycles. The zero-order chi connectivity index (χ0) is 12.3. The number of hydrogen-bond acceptors (Lipinski definition) is 3. The van der Waals surface area contributed by atoms with Gasteiger partial charge in [0.05, 0.1) is 16.5 Å². The van der Waals surface area contributed by atoms with Crippen LogP contribution in [-0.4, -0.2) is 14.4 Å². The van der Waals surface area contributed by atoms with E-state index < -0.39 is 10.8 Å². The Morgan fingerprint density at radius 3 is 3.06 bits per heavy atom. The van der Waals surface area contributed by atoms with Gasteiger partial charge >= 0.3 is 0 Å². The van der Waals surface area contributed by atoms with Gasteiger partial charge < -0.3 is 5.73 Å². The molecular weight excluding hydrogens is 232 g/mol. The molecule has 1 heterocycles. The van der Waals surface area contributed by atoms with Crippen LogP contribution in [0.15, 0.2) is 23.4 Å². The largest absolute Gasteiger partial charge is 0.396 e. The summed E-state index contributed by atoms with van der Waals surface area (Å²) >= 11 is 0. The van der Waals surface area contributed by atoms with Crippen LogP contribution in [0, 0.1) is 5.92 Å². The van der Waals surface area contributed by atoms with Gasteiger partial charge in [0.1, 0.15) is 5.03 Å². The smallest absolute Gasteiger partial charge is 0.150 e. The van der Waals surface area contributed by atoms with E-state index in [-0.39, 0.29) is 5.25 Å². The van der Waals surface area contributed by atoms with Crippen LogP contribution < -0.4 is 5.73 Å². The van der Waals surface area contributed by atoms with Crippen molar-refractivity contribution in [1.82, 2.24) is 4.98 Å². The maximum atomic E-state index is 12.5. The van der Waals surface area contributed by atoms with Gasteiger partial charge in [0.25, 0.3) is 0 Å². The Balaban J connectivity index is 2.12. The summed E-state index contributed by atoms with van der Waals surface area (Å²) in [5.41, 5.74) is 6.40. The van der Waals surface area contributed by atoms with Crippen LogP contribution in [0.3, 0.4) is 0 Å². The average Bonchev–Trinajstić information content (AvgIpc) is 2.38. The summed E-state index contributed by atoms with van der Waals surface area (Å²) in [7, 11) is -1.04. The van der Waals surface area contributed by atoms with Crippen LogP contribution in [0.25, 0.3) is 0 Å². The molecule has 2 N–H and O–H groups in total. The zero-order valence-corrected chi connectivity index (χ0v) is 11.1. The molecule has 1 aromatic rings. The number of rotatable bonds is 3. The van der Waals surface area contributed by atoms with Gasteiger partial charge in [-0.05, 0) is 30.9 Å². The monoisotopic (exact) mass is 252 g/mol. The number of anilines is 1. The van der Waals surface area contributed by atoms with E-state index in [2.05, 4.69) is 11.9 Å². The van der Waals surface area contributed by atoms with Crippen molar-refractivity contribution in [3.63, 3.8) is 0 Å². The van der Waals surface area contributed by atoms with E-state index in [9.17, 15) is 4.21 Å². The molecule has 0 radical (unpaired) electrons. The van der Waals surface area contributed by atoms with Gasteiger partial charge in [-0.25, -0.2) is 4.98 Å². The molecular formula is C13H20N2OS. The molecule has 1 aliphatic carbocycles. The van der Waals surface area contributed by atoms with E-state index in [4.69, 9.17) is 5.73 Å². The summed E-state index contributed by atoms with van der Waals surface area (Å²) in [4.78, 5) is 4.18. The summed E-state index contributed by atoms with van der Waals surface area (Å²) < 4.78 is 12.5. The van der Waals surface area contributed by atoms with E-state index in [0.717, 1.165) is 18.8 Å². The predicted molar refractivity (Wildman–Crippen MR) is 71.1 cm³/mol. The summed E-state index contributed by atoms with van der Waals surface area (Å²) in [5, 5.41) is 0.820. The molecule has 94 valence electrons. The topological polar surface area (TPSA) is 56.0 Å². The highest BCUT2D eigenvalue weighted by Gasteiger charge is 2.27. The van der Waals surface area contributed by atoms with E-state index in [1.807, 2.05) is 0 Å². The molecule has 4 heteroatoms. The van der Waals surface area contributed by atoms with Gasteiger partial charge in [0.2, 0.25) is 0 Å². The van der Waals surface area contributed by atoms with Crippen molar-refractivity contribution < 1.29 is 4.21 Å². The number of pyridine rings is 1. The summed E-state index contributed by atoms with van der Waals surface area (Å²) in [5.74, 6) is 0.725. The zero-order valence-electron chi connectivity index (χ0n) is 10.3. The Labute approximate surface area is 105 Å². The maximum Gasteiger partial charge on any atom is 0.150 e. The Bertz CT molecular complexity index is 408. The van der Waals surface area contributed by atoms with Crippen LogP contribution in [-0.2, 0) is 10.8 Å². The van der Waals surface area contributed by atoms with Gasteiger partial charge in [0, 0.05) is 11.4 Å². The summed E-state index contributed by atoms with van der Waals surface area (Å²) in [6.07, 6.45) is 7.41. The number of nitrogens with two attached hydrogens (primary N) is 1. The molecule has 1 aromatic heterocycles. The minimum atomic E-state index is -1.04. The predicted octanol–water partition coefficient (Wildman–Crippen LogP) is 2.74. The number of nitrogen functional groups attached to an aromatic ring is 1. The Morgan fingerprint density at radius 2 is 2.35 bits per heavy atom. The highest BCUT2D eigenvalue weighted by Crippen LogP contribution is 2.32. The van der Waals surface area contributed by atoms with Crippen molar-refractivity contribution in [3.8, 4) is 0 Å². The summed E-state index contributed by atoms with van der Waals surface area (Å²) in [6.45, 7) is 2.21. The van der Waals surface area contributed by atoms with Crippen LogP contribution >= 0.6 is 0 Å². The highest BCUT2D eigenvalue weighted by atomic mass is 32.2. The molecule has 1 fully saturated rings. The van der Waals surface area contributed by atoms with Crippen LogP contribution in [0.5, 0.6) is 0 Å². The van der Waals surface area contributed by atoms with Crippen LogP contribution in [0.2, 0.25) is 0 Å². The third kappa shape index (κ3) is 2.86. The summed E-state index contributed by atoms with van der Waals surface area (Å²) in [6, 6.07) is 3.56. The SMILES string of the molecule is CCC1CCCC(S(=O)c2ncccc2N)C1. The molecule has 0 aromatic carbocycles. The molecule has 0 amide bonds. The molecule has 3 nitrogen and oxygen atoms in total. The standard InChI is InChI=1S/C13H20N2OS/c1-2-10-5-3-6-11(9-10)17(16)13-12(14)7-4-8-15-13/h4,7-8,10-11H,2-3,5-6,9,14H2,1H3. The number of nitrogens with zero attached hydrogens (tertiary/aromatic N) is 1. The first-order valence-corrected chi connectivity index (χ1v) is 7.54. The molecule has 3 atom stereocenters. The van der Waals surface area contributed by atoms with E-state index in [0.29, 0.717) is 10.7 Å². The van der Waals surface area contributed by atoms with Crippen molar-refractivity contribution in [2.24, 2.45) is 5.92 Å². The van der Waals surface area contributed by atoms with Crippen molar-refractivity contribution in [1.29, 1.82) is 0 Å². The molecule has 2 rings (SSSR count). The van der Waals surface area contributed by atoms with Crippen molar-refractivity contribution in [2.45, 2.75) is 49.3 Å². The van der Waals surface area contributed by atoms with Crippen molar-refractivity contribution in [3.05, 3.63) is 18.3 Å². The fourth-order valence-electron chi connectivity index (χ4n) is 2.54. The van der Waals surface area contributed by atoms with Gasteiger partial charge in [-0.15, -0.1) is 0 Å². The van der Waals surface area contributed by atoms with Crippen LogP contribution in [0.4, 0.5) is 5.69 Å². The maximum absolute atomic E-state index is 12.5. The lowest BCUT2D eigenvalue weighted by Crippen LogP contribution is -2.25. The van der Waals surface area contributed by atoms with Gasteiger partial charge in [-0.3, -0.25) is 4.21 Å². The van der Waals surface area contributed by atoms with Crippen molar-refractivity contribution >= 4 is 16.5 Å². The Hall–Kier alpha value is -0.900. The fraction of sp³-hybridized carbons (Fsp3) is 0.615. The second-order valence-corrected chi connectivity index (χ2v) is 6.41. The van der Waals surface area contributed by atoms with Crippen molar-refractivity contribution in [2.75, 3.05) is 5.73 Å². The number of hydrogen-bond donors (Lipinski definition) is 1. The molecule has 17 heavy (non-hydrogen) atoms. The quantitative estimate of drug-likeness (QED) is 0.900. The first-order valence-electron chi connectivity index (χ1n) is 6.33. The second-order valence-electron chi connectivity index (χ2n) is 4.76. The lowest BCUT2D eigenvalue weighted by atomic mass is 9.87. The lowest BCUT2D eigenvalue weighted by molar-refractivity contribution is 0.353. The average molecular weight is 252 g/mol. The van der Waals surface area contributed by atoms with Crippen LogP contribution in [0.1, 0.15) is 39.0 Å². The van der Waals surface area contributed by atoms with E-state index >= 15 is 0 Å². The minimum Gasteiger partial charge on any atom is -0.396 e. The van der Waals surface area contributed by atoms with E-state index in [1.54, 1.807) is 18.3 Å².